The van der Waals surface area contributed by atoms with Gasteiger partial charge in [0.25, 0.3) is 0 Å². The fourth-order valence-corrected chi connectivity index (χ4v) is 12.6. The van der Waals surface area contributed by atoms with Gasteiger partial charge in [0.1, 0.15) is 0 Å². The number of aliphatic hydroxyl groups is 4. The van der Waals surface area contributed by atoms with Crippen LogP contribution in [0.4, 0.5) is 0 Å². The van der Waals surface area contributed by atoms with Crippen LogP contribution in [0.5, 0.6) is 23.0 Å². The summed E-state index contributed by atoms with van der Waals surface area (Å²) in [5, 5.41) is 40.9. The molecule has 3 spiro atoms. The molecule has 5 aliphatic heterocycles. The molecule has 11 rings (SSSR count). The summed E-state index contributed by atoms with van der Waals surface area (Å²) in [6, 6.07) is 8.28. The highest BCUT2D eigenvalue weighted by Gasteiger charge is 2.77. The van der Waals surface area contributed by atoms with E-state index in [0.29, 0.717) is 50.4 Å². The minimum Gasteiger partial charge on any atom is -0.493 e. The number of hydrogen-bond donors (Lipinski definition) is 4. The number of rotatable bonds is 4. The van der Waals surface area contributed by atoms with Crippen molar-refractivity contribution in [2.24, 2.45) is 10.8 Å². The number of carbonyl (C=O) groups is 1. The Morgan fingerprint density at radius 3 is 1.75 bits per heavy atom. The summed E-state index contributed by atoms with van der Waals surface area (Å²) < 4.78 is 37.0. The van der Waals surface area contributed by atoms with Crippen molar-refractivity contribution in [2.75, 3.05) is 67.8 Å². The zero-order chi connectivity index (χ0) is 44.1. The largest absolute Gasteiger partial charge is 0.493 e. The number of ether oxygens (including phenoxy) is 6. The van der Waals surface area contributed by atoms with Gasteiger partial charge >= 0.3 is 0 Å². The van der Waals surface area contributed by atoms with E-state index in [1.165, 1.54) is 11.1 Å². The van der Waals surface area contributed by atoms with E-state index in [9.17, 15) is 15.0 Å². The number of methoxy groups -OCH3 is 2. The van der Waals surface area contributed by atoms with Crippen LogP contribution < -0.4 is 18.9 Å². The van der Waals surface area contributed by atoms with E-state index in [0.717, 1.165) is 61.4 Å². The van der Waals surface area contributed by atoms with Crippen molar-refractivity contribution in [1.29, 1.82) is 0 Å². The molecule has 4 bridgehead atoms. The lowest BCUT2D eigenvalue weighted by molar-refractivity contribution is -0.368. The van der Waals surface area contributed by atoms with Crippen molar-refractivity contribution in [1.82, 2.24) is 9.80 Å². The monoisotopic (exact) mass is 1070 g/mol. The molecule has 2 saturated carbocycles. The second kappa shape index (κ2) is 16.1. The average molecular weight is 1070 g/mol. The zero-order valence-electron chi connectivity index (χ0n) is 36.8. The lowest BCUT2D eigenvalue weighted by atomic mass is 9.48. The van der Waals surface area contributed by atoms with Crippen molar-refractivity contribution in [3.05, 3.63) is 46.5 Å². The van der Waals surface area contributed by atoms with E-state index in [-0.39, 0.29) is 48.0 Å². The minimum atomic E-state index is -0.900. The Bertz CT molecular complexity index is 2020. The first-order valence-electron chi connectivity index (χ1n) is 21.7. The summed E-state index contributed by atoms with van der Waals surface area (Å²) in [7, 11) is 7.51. The van der Waals surface area contributed by atoms with Crippen LogP contribution >= 0.6 is 37.2 Å². The number of nitrogens with zero attached hydrogens (tertiary/aromatic N) is 2. The number of carbonyl (C=O) groups excluding carboxylic acids is 1. The fourth-order valence-electron chi connectivity index (χ4n) is 12.6. The number of likely N-dealkylation sites (tertiary alicyclic amines) is 2. The van der Waals surface area contributed by atoms with Gasteiger partial charge in [-0.25, -0.2) is 0 Å². The lowest BCUT2D eigenvalue weighted by Crippen LogP contribution is -2.80. The molecule has 2 aromatic rings. The molecule has 2 aromatic carbocycles. The normalized spacial score (nSPS) is 36.3. The molecule has 8 atom stereocenters. The van der Waals surface area contributed by atoms with Crippen molar-refractivity contribution in [3.8, 4) is 23.0 Å². The third kappa shape index (κ3) is 6.49. The van der Waals surface area contributed by atoms with E-state index >= 15 is 0 Å². The first kappa shape index (κ1) is 46.0. The SMILES string of the molecule is CC(C)(CO)CO.COc1ccc2c3c1O[C@H]1C(=O)CCC4(O)[C@@H](C2)N(C)CC[C@]314.COc1ccc2c3c1O[C@H]1C4(CCC5(O)[C@@H](C2)N(C)CC[C@]315)OCC(C)(C)CO4.II. The number of halogens is 2. The van der Waals surface area contributed by atoms with Crippen LogP contribution in [0.25, 0.3) is 0 Å². The quantitative estimate of drug-likeness (QED) is 0.302. The van der Waals surface area contributed by atoms with Crippen LogP contribution in [0, 0.1) is 10.8 Å². The molecule has 338 valence electrons. The average Bonchev–Trinajstić information content (AvgIpc) is 3.81. The number of likely N-dealkylation sites (N-methyl/N-ethyl adjacent to an activating group) is 2. The van der Waals surface area contributed by atoms with Gasteiger partial charge < -0.3 is 58.6 Å². The summed E-state index contributed by atoms with van der Waals surface area (Å²) in [6.07, 6.45) is 4.47. The van der Waals surface area contributed by atoms with Crippen LogP contribution in [-0.4, -0.2) is 145 Å². The Kier molecular flexibility index (Phi) is 12.1. The number of hydrogen-bond acceptors (Lipinski definition) is 13. The predicted octanol–water partition coefficient (Wildman–Crippen LogP) is 5.07. The standard InChI is InChI=1S/C23H31NO5.C18H21NO4.C5H12O2.I2/c1-20(2)12-27-23(28-13-20)8-7-22(25)16-11-14-5-6-15(26-4)18-17(14)21(22,19(23)29-18)9-10-24(16)3;1-19-8-7-17-14-10-3-4-12(22-2)15(14)23-16(17)11(20)5-6-18(17,21)13(19)9-10;1-5(2,3-6)4-7;1-2/h5-6,16,19,25H,7-13H2,1-4H3;3-4,13,16,21H,5-9H2,1-2H3;6-7H,3-4H2,1-2H3;/t16-,19-,21+,22?;13-,16+,17+,18?;;/m11../s1. The Labute approximate surface area is 383 Å². The van der Waals surface area contributed by atoms with Crippen molar-refractivity contribution < 1.29 is 53.6 Å². The van der Waals surface area contributed by atoms with Gasteiger partial charge in [-0.1, -0.05) is 39.8 Å². The third-order valence-corrected chi connectivity index (χ3v) is 15.9. The highest BCUT2D eigenvalue weighted by atomic mass is 128. The first-order chi connectivity index (χ1) is 28.9. The highest BCUT2D eigenvalue weighted by molar-refractivity contribution is 15.0. The maximum atomic E-state index is 12.7. The van der Waals surface area contributed by atoms with Gasteiger partial charge in [-0.2, -0.15) is 0 Å². The van der Waals surface area contributed by atoms with E-state index in [4.69, 9.17) is 38.6 Å². The van der Waals surface area contributed by atoms with Crippen LogP contribution in [-0.2, 0) is 37.9 Å². The maximum Gasteiger partial charge on any atom is 0.207 e. The number of piperidine rings is 2. The number of Topliss-reactive ketones (excluding diaryl/α,β-unsaturated/α-hetero) is 1. The number of benzene rings is 2. The van der Waals surface area contributed by atoms with Gasteiger partial charge in [0.2, 0.25) is 5.79 Å². The molecule has 2 unspecified atom stereocenters. The van der Waals surface area contributed by atoms with Crippen molar-refractivity contribution in [3.63, 3.8) is 0 Å². The third-order valence-electron chi connectivity index (χ3n) is 15.9. The number of ketones is 1. The molecule has 5 fully saturated rings. The topological polar surface area (TPSA) is 160 Å². The van der Waals surface area contributed by atoms with Gasteiger partial charge in [0.05, 0.1) is 62.7 Å². The second-order valence-corrected chi connectivity index (χ2v) is 20.5. The molecule has 0 aromatic heterocycles. The van der Waals surface area contributed by atoms with Crippen molar-refractivity contribution in [2.45, 2.75) is 131 Å². The molecule has 3 saturated heterocycles. The molecular formula is C46H64I2N2O11. The van der Waals surface area contributed by atoms with Gasteiger partial charge in [-0.05, 0) is 89.0 Å². The van der Waals surface area contributed by atoms with Crippen LogP contribution in [0.15, 0.2) is 24.3 Å². The molecule has 4 aliphatic carbocycles. The summed E-state index contributed by atoms with van der Waals surface area (Å²) in [4.78, 5) is 17.2. The molecule has 4 N–H and O–H groups in total. The maximum absolute atomic E-state index is 12.7. The molecule has 61 heavy (non-hydrogen) atoms. The Hall–Kier alpha value is -1.55. The number of aliphatic hydroxyl groups excluding tert-OH is 2. The Balaban J connectivity index is 0.000000144. The van der Waals surface area contributed by atoms with Crippen LogP contribution in [0.3, 0.4) is 0 Å². The molecule has 5 heterocycles. The Morgan fingerprint density at radius 1 is 0.754 bits per heavy atom. The minimum absolute atomic E-state index is 0.0210. The summed E-state index contributed by atoms with van der Waals surface area (Å²) >= 11 is 4.24. The van der Waals surface area contributed by atoms with Gasteiger partial charge in [-0.15, -0.1) is 0 Å². The molecule has 9 aliphatic rings. The van der Waals surface area contributed by atoms with E-state index < -0.39 is 33.9 Å². The van der Waals surface area contributed by atoms with Crippen LogP contribution in [0.1, 0.15) is 88.5 Å². The molecular weight excluding hydrogens is 1010 g/mol. The summed E-state index contributed by atoms with van der Waals surface area (Å²) in [6.45, 7) is 11.1. The van der Waals surface area contributed by atoms with Gasteiger partial charge in [-0.3, -0.25) is 4.79 Å². The van der Waals surface area contributed by atoms with E-state index in [1.54, 1.807) is 28.1 Å². The summed E-state index contributed by atoms with van der Waals surface area (Å²) in [5.41, 5.74) is 1.43. The molecule has 0 radical (unpaired) electrons. The second-order valence-electron chi connectivity index (χ2n) is 20.5. The molecule has 13 nitrogen and oxygen atoms in total. The van der Waals surface area contributed by atoms with Crippen LogP contribution in [0.2, 0.25) is 0 Å². The van der Waals surface area contributed by atoms with Crippen molar-refractivity contribution >= 4 is 43.0 Å². The highest BCUT2D eigenvalue weighted by Crippen LogP contribution is 2.68. The van der Waals surface area contributed by atoms with Gasteiger partial charge in [0, 0.05) is 84.1 Å². The van der Waals surface area contributed by atoms with E-state index in [2.05, 4.69) is 87.1 Å². The lowest BCUT2D eigenvalue weighted by Gasteiger charge is -2.66. The first-order valence-corrected chi connectivity index (χ1v) is 28.0. The Morgan fingerprint density at radius 2 is 1.25 bits per heavy atom. The molecule has 15 heteroatoms. The fraction of sp³-hybridized carbons (Fsp3) is 0.717. The predicted molar refractivity (Wildman–Crippen MR) is 245 cm³/mol. The van der Waals surface area contributed by atoms with E-state index in [1.807, 2.05) is 12.1 Å². The summed E-state index contributed by atoms with van der Waals surface area (Å²) in [5.74, 6) is 2.17. The zero-order valence-corrected chi connectivity index (χ0v) is 41.1. The molecule has 0 amide bonds. The van der Waals surface area contributed by atoms with Gasteiger partial charge in [0.15, 0.2) is 41.0 Å². The number of fused-ring (bicyclic) bond motifs is 1. The smallest absolute Gasteiger partial charge is 0.207 e.